The number of benzene rings is 1. The molecule has 0 unspecified atom stereocenters. The Balaban J connectivity index is 2.24. The number of halogens is 2. The highest BCUT2D eigenvalue weighted by atomic mass is 79.9. The molecule has 0 atom stereocenters. The van der Waals surface area contributed by atoms with E-state index in [-0.39, 0.29) is 16.8 Å². The van der Waals surface area contributed by atoms with Crippen molar-refractivity contribution < 1.29 is 17.5 Å². The van der Waals surface area contributed by atoms with E-state index in [0.717, 1.165) is 12.1 Å². The zero-order valence-corrected chi connectivity index (χ0v) is 13.4. The molecule has 0 amide bonds. The van der Waals surface area contributed by atoms with E-state index in [2.05, 4.69) is 26.0 Å². The molecule has 0 bridgehead atoms. The van der Waals surface area contributed by atoms with Crippen LogP contribution in [0.15, 0.2) is 27.8 Å². The number of aromatic nitrogens is 3. The molecular weight excluding hydrogens is 367 g/mol. The third-order valence-corrected chi connectivity index (χ3v) is 4.19. The molecular formula is C11H12BrFN4O3S. The maximum atomic E-state index is 13.7. The van der Waals surface area contributed by atoms with Gasteiger partial charge in [0.05, 0.1) is 4.47 Å². The summed E-state index contributed by atoms with van der Waals surface area (Å²) in [5.41, 5.74) is 0. The highest BCUT2D eigenvalue weighted by molar-refractivity contribution is 9.10. The molecule has 0 spiro atoms. The van der Waals surface area contributed by atoms with Gasteiger partial charge in [-0.1, -0.05) is 0 Å². The van der Waals surface area contributed by atoms with Crippen LogP contribution in [-0.4, -0.2) is 23.2 Å². The van der Waals surface area contributed by atoms with Gasteiger partial charge in [0, 0.05) is 12.6 Å². The SMILES string of the molecule is CCn1ncnc1COc1cc(F)c(S(N)(=O)=O)cc1Br. The Morgan fingerprint density at radius 3 is 2.81 bits per heavy atom. The van der Waals surface area contributed by atoms with Gasteiger partial charge in [0.25, 0.3) is 0 Å². The number of sulfonamides is 1. The minimum absolute atomic E-state index is 0.0700. The van der Waals surface area contributed by atoms with E-state index in [1.54, 1.807) is 4.68 Å². The smallest absolute Gasteiger partial charge is 0.241 e. The van der Waals surface area contributed by atoms with Crippen molar-refractivity contribution in [3.8, 4) is 5.75 Å². The monoisotopic (exact) mass is 378 g/mol. The zero-order chi connectivity index (χ0) is 15.6. The van der Waals surface area contributed by atoms with Crippen LogP contribution < -0.4 is 9.88 Å². The average molecular weight is 379 g/mol. The van der Waals surface area contributed by atoms with E-state index < -0.39 is 20.7 Å². The Hall–Kier alpha value is -1.52. The molecule has 2 N–H and O–H groups in total. The van der Waals surface area contributed by atoms with Crippen LogP contribution in [0.4, 0.5) is 4.39 Å². The molecule has 1 heterocycles. The Morgan fingerprint density at radius 1 is 1.48 bits per heavy atom. The molecule has 0 aliphatic rings. The van der Waals surface area contributed by atoms with Crippen molar-refractivity contribution in [1.82, 2.24) is 14.8 Å². The van der Waals surface area contributed by atoms with E-state index in [1.165, 1.54) is 6.33 Å². The summed E-state index contributed by atoms with van der Waals surface area (Å²) >= 11 is 3.12. The summed E-state index contributed by atoms with van der Waals surface area (Å²) in [6.45, 7) is 2.59. The predicted molar refractivity (Wildman–Crippen MR) is 75.5 cm³/mol. The first-order valence-electron chi connectivity index (χ1n) is 5.84. The molecule has 0 saturated heterocycles. The number of hydrogen-bond acceptors (Lipinski definition) is 5. The van der Waals surface area contributed by atoms with E-state index in [9.17, 15) is 12.8 Å². The molecule has 0 radical (unpaired) electrons. The van der Waals surface area contributed by atoms with Gasteiger partial charge in [0.15, 0.2) is 5.82 Å². The van der Waals surface area contributed by atoms with Crippen LogP contribution in [0.1, 0.15) is 12.7 Å². The normalized spacial score (nSPS) is 11.6. The highest BCUT2D eigenvalue weighted by Crippen LogP contribution is 2.30. The van der Waals surface area contributed by atoms with Gasteiger partial charge in [-0.15, -0.1) is 0 Å². The zero-order valence-electron chi connectivity index (χ0n) is 11.0. The lowest BCUT2D eigenvalue weighted by Gasteiger charge is -2.10. The van der Waals surface area contributed by atoms with Crippen molar-refractivity contribution in [2.45, 2.75) is 25.0 Å². The summed E-state index contributed by atoms with van der Waals surface area (Å²) in [5, 5.41) is 8.89. The van der Waals surface area contributed by atoms with Crippen LogP contribution in [0, 0.1) is 5.82 Å². The quantitative estimate of drug-likeness (QED) is 0.847. The van der Waals surface area contributed by atoms with Gasteiger partial charge in [-0.05, 0) is 28.9 Å². The van der Waals surface area contributed by atoms with Crippen molar-refractivity contribution in [2.24, 2.45) is 5.14 Å². The highest BCUT2D eigenvalue weighted by Gasteiger charge is 2.18. The summed E-state index contributed by atoms with van der Waals surface area (Å²) < 4.78 is 43.5. The largest absolute Gasteiger partial charge is 0.484 e. The Bertz CT molecular complexity index is 763. The Morgan fingerprint density at radius 2 is 2.19 bits per heavy atom. The summed E-state index contributed by atoms with van der Waals surface area (Å²) in [4.78, 5) is 3.41. The van der Waals surface area contributed by atoms with Crippen molar-refractivity contribution in [3.05, 3.63) is 34.6 Å². The van der Waals surface area contributed by atoms with Gasteiger partial charge in [-0.3, -0.25) is 0 Å². The molecule has 21 heavy (non-hydrogen) atoms. The third-order valence-electron chi connectivity index (χ3n) is 2.64. The Labute approximate surface area is 129 Å². The van der Waals surface area contributed by atoms with Gasteiger partial charge in [0.1, 0.15) is 29.4 Å². The van der Waals surface area contributed by atoms with Crippen LogP contribution in [0.5, 0.6) is 5.75 Å². The minimum atomic E-state index is -4.13. The number of nitrogens with two attached hydrogens (primary N) is 1. The molecule has 10 heteroatoms. The molecule has 0 aliphatic carbocycles. The first kappa shape index (κ1) is 15.9. The Kier molecular flexibility index (Phi) is 4.59. The molecule has 0 aliphatic heterocycles. The fourth-order valence-electron chi connectivity index (χ4n) is 1.65. The van der Waals surface area contributed by atoms with Crippen LogP contribution >= 0.6 is 15.9 Å². The van der Waals surface area contributed by atoms with Gasteiger partial charge in [-0.2, -0.15) is 5.10 Å². The summed E-state index contributed by atoms with van der Waals surface area (Å²) in [6.07, 6.45) is 1.39. The van der Waals surface area contributed by atoms with Gasteiger partial charge >= 0.3 is 0 Å². The van der Waals surface area contributed by atoms with E-state index in [4.69, 9.17) is 9.88 Å². The van der Waals surface area contributed by atoms with Crippen molar-refractivity contribution in [3.63, 3.8) is 0 Å². The number of aryl methyl sites for hydroxylation is 1. The second-order valence-electron chi connectivity index (χ2n) is 4.04. The average Bonchev–Trinajstić information content (AvgIpc) is 2.85. The van der Waals surface area contributed by atoms with Crippen LogP contribution in [-0.2, 0) is 23.2 Å². The van der Waals surface area contributed by atoms with Crippen LogP contribution in [0.3, 0.4) is 0 Å². The fourth-order valence-corrected chi connectivity index (χ4v) is 2.87. The van der Waals surface area contributed by atoms with Gasteiger partial charge < -0.3 is 4.74 Å². The number of ether oxygens (including phenoxy) is 1. The van der Waals surface area contributed by atoms with Crippen molar-refractivity contribution >= 4 is 26.0 Å². The second kappa shape index (κ2) is 6.08. The van der Waals surface area contributed by atoms with E-state index >= 15 is 0 Å². The van der Waals surface area contributed by atoms with Gasteiger partial charge in [-0.25, -0.2) is 27.6 Å². The molecule has 114 valence electrons. The standard InChI is InChI=1S/C11H12BrFN4O3S/c1-2-17-11(15-6-16-17)5-20-9-4-8(13)10(3-7(9)12)21(14,18)19/h3-4,6H,2,5H2,1H3,(H2,14,18,19). The molecule has 0 saturated carbocycles. The van der Waals surface area contributed by atoms with Crippen LogP contribution in [0.2, 0.25) is 0 Å². The molecule has 2 aromatic rings. The summed E-state index contributed by atoms with van der Waals surface area (Å²) in [6, 6.07) is 2.01. The lowest BCUT2D eigenvalue weighted by Crippen LogP contribution is -2.14. The lowest BCUT2D eigenvalue weighted by molar-refractivity contribution is 0.283. The number of nitrogens with zero attached hydrogens (tertiary/aromatic N) is 3. The number of primary sulfonamides is 1. The van der Waals surface area contributed by atoms with Crippen molar-refractivity contribution in [2.75, 3.05) is 0 Å². The maximum absolute atomic E-state index is 13.7. The van der Waals surface area contributed by atoms with Crippen LogP contribution in [0.25, 0.3) is 0 Å². The van der Waals surface area contributed by atoms with E-state index in [0.29, 0.717) is 12.4 Å². The first-order valence-corrected chi connectivity index (χ1v) is 8.18. The number of rotatable bonds is 5. The minimum Gasteiger partial charge on any atom is -0.484 e. The molecule has 0 fully saturated rings. The van der Waals surface area contributed by atoms with Gasteiger partial charge in [0.2, 0.25) is 10.0 Å². The molecule has 7 nitrogen and oxygen atoms in total. The maximum Gasteiger partial charge on any atom is 0.241 e. The number of hydrogen-bond donors (Lipinski definition) is 1. The predicted octanol–water partition coefficient (Wildman–Crippen LogP) is 1.43. The van der Waals surface area contributed by atoms with E-state index in [1.807, 2.05) is 6.92 Å². The van der Waals surface area contributed by atoms with Crippen molar-refractivity contribution in [1.29, 1.82) is 0 Å². The molecule has 2 rings (SSSR count). The first-order chi connectivity index (χ1) is 9.82. The molecule has 1 aromatic carbocycles. The summed E-state index contributed by atoms with van der Waals surface area (Å²) in [5.74, 6) is -0.265. The molecule has 1 aromatic heterocycles. The third kappa shape index (κ3) is 3.57. The lowest BCUT2D eigenvalue weighted by atomic mass is 10.3. The summed E-state index contributed by atoms with van der Waals surface area (Å²) in [7, 11) is -4.13. The fraction of sp³-hybridized carbons (Fsp3) is 0.273. The topological polar surface area (TPSA) is 100 Å². The second-order valence-corrected chi connectivity index (χ2v) is 6.42.